The fourth-order valence-corrected chi connectivity index (χ4v) is 3.90. The predicted molar refractivity (Wildman–Crippen MR) is 113 cm³/mol. The number of sulfonamides is 1. The molecule has 0 bridgehead atoms. The molecule has 0 spiro atoms. The number of carbonyl (C=O) groups excluding carboxylic acids is 1. The molecule has 0 unspecified atom stereocenters. The SMILES string of the molecule is C[C@H](NS(=O)(=O)c1ccccc1)C(=O)Nc1ccccc1Oc1ccccc1Cl. The Balaban J connectivity index is 1.73. The highest BCUT2D eigenvalue weighted by Gasteiger charge is 2.22. The second kappa shape index (κ2) is 9.09. The molecular weight excluding hydrogens is 412 g/mol. The Kier molecular flexibility index (Phi) is 6.53. The van der Waals surface area contributed by atoms with Crippen LogP contribution in [-0.2, 0) is 14.8 Å². The molecule has 150 valence electrons. The number of para-hydroxylation sites is 3. The minimum Gasteiger partial charge on any atom is -0.454 e. The van der Waals surface area contributed by atoms with Crippen LogP contribution >= 0.6 is 11.6 Å². The van der Waals surface area contributed by atoms with Gasteiger partial charge in [0.1, 0.15) is 5.75 Å². The highest BCUT2D eigenvalue weighted by atomic mass is 35.5. The number of amides is 1. The molecule has 0 aliphatic carbocycles. The van der Waals surface area contributed by atoms with Crippen LogP contribution in [-0.4, -0.2) is 20.4 Å². The molecule has 1 amide bonds. The number of hydrogen-bond acceptors (Lipinski definition) is 4. The molecule has 0 fully saturated rings. The highest BCUT2D eigenvalue weighted by Crippen LogP contribution is 2.33. The van der Waals surface area contributed by atoms with Crippen LogP contribution < -0.4 is 14.8 Å². The maximum absolute atomic E-state index is 12.6. The normalized spacial score (nSPS) is 12.2. The van der Waals surface area contributed by atoms with Crippen molar-refractivity contribution in [1.82, 2.24) is 4.72 Å². The summed E-state index contributed by atoms with van der Waals surface area (Å²) < 4.78 is 33.0. The van der Waals surface area contributed by atoms with E-state index >= 15 is 0 Å². The average Bonchev–Trinajstić information content (AvgIpc) is 2.71. The van der Waals surface area contributed by atoms with E-state index in [1.165, 1.54) is 19.1 Å². The molecule has 29 heavy (non-hydrogen) atoms. The van der Waals surface area contributed by atoms with Crippen LogP contribution in [0.5, 0.6) is 11.5 Å². The summed E-state index contributed by atoms with van der Waals surface area (Å²) in [5.74, 6) is 0.292. The van der Waals surface area contributed by atoms with Crippen molar-refractivity contribution in [2.75, 3.05) is 5.32 Å². The number of anilines is 1. The molecular formula is C21H19ClN2O4S. The number of carbonyl (C=O) groups is 1. The molecule has 0 heterocycles. The van der Waals surface area contributed by atoms with E-state index in [9.17, 15) is 13.2 Å². The first kappa shape index (κ1) is 20.9. The maximum Gasteiger partial charge on any atom is 0.242 e. The first-order chi connectivity index (χ1) is 13.9. The lowest BCUT2D eigenvalue weighted by molar-refractivity contribution is -0.117. The van der Waals surface area contributed by atoms with Crippen molar-refractivity contribution in [1.29, 1.82) is 0 Å². The smallest absolute Gasteiger partial charge is 0.242 e. The molecule has 3 aromatic rings. The zero-order valence-corrected chi connectivity index (χ0v) is 17.1. The quantitative estimate of drug-likeness (QED) is 0.580. The summed E-state index contributed by atoms with van der Waals surface area (Å²) in [6.07, 6.45) is 0. The summed E-state index contributed by atoms with van der Waals surface area (Å²) in [5, 5.41) is 3.12. The Labute approximate surface area is 174 Å². The van der Waals surface area contributed by atoms with Crippen LogP contribution in [0.15, 0.2) is 83.8 Å². The van der Waals surface area contributed by atoms with Gasteiger partial charge in [-0.15, -0.1) is 0 Å². The summed E-state index contributed by atoms with van der Waals surface area (Å²) in [7, 11) is -3.82. The molecule has 3 rings (SSSR count). The number of rotatable bonds is 7. The standard InChI is InChI=1S/C21H19ClN2O4S/c1-15(24-29(26,27)16-9-3-2-4-10-16)21(25)23-18-12-6-8-14-20(18)28-19-13-7-5-11-17(19)22/h2-15,24H,1H3,(H,23,25)/t15-/m0/s1. The second-order valence-electron chi connectivity index (χ2n) is 6.17. The number of hydrogen-bond donors (Lipinski definition) is 2. The van der Waals surface area contributed by atoms with Gasteiger partial charge in [-0.05, 0) is 43.3 Å². The minimum absolute atomic E-state index is 0.0853. The van der Waals surface area contributed by atoms with Gasteiger partial charge in [0.05, 0.1) is 21.6 Å². The van der Waals surface area contributed by atoms with E-state index < -0.39 is 22.0 Å². The Morgan fingerprint density at radius 1 is 0.897 bits per heavy atom. The van der Waals surface area contributed by atoms with Gasteiger partial charge in [0, 0.05) is 0 Å². The molecule has 0 aliphatic heterocycles. The van der Waals surface area contributed by atoms with E-state index in [2.05, 4.69) is 10.0 Å². The van der Waals surface area contributed by atoms with E-state index in [1.807, 2.05) is 0 Å². The molecule has 0 radical (unpaired) electrons. The van der Waals surface area contributed by atoms with E-state index in [1.54, 1.807) is 66.7 Å². The predicted octanol–water partition coefficient (Wildman–Crippen LogP) is 4.44. The molecule has 2 N–H and O–H groups in total. The fourth-order valence-electron chi connectivity index (χ4n) is 2.50. The topological polar surface area (TPSA) is 84.5 Å². The lowest BCUT2D eigenvalue weighted by Gasteiger charge is -2.17. The van der Waals surface area contributed by atoms with E-state index in [0.29, 0.717) is 22.2 Å². The molecule has 0 saturated carbocycles. The number of nitrogens with one attached hydrogen (secondary N) is 2. The van der Waals surface area contributed by atoms with Crippen molar-refractivity contribution in [3.63, 3.8) is 0 Å². The van der Waals surface area contributed by atoms with Crippen molar-refractivity contribution >= 4 is 33.2 Å². The average molecular weight is 431 g/mol. The number of halogens is 1. The van der Waals surface area contributed by atoms with Gasteiger partial charge in [0.25, 0.3) is 0 Å². The van der Waals surface area contributed by atoms with Crippen LogP contribution in [0.1, 0.15) is 6.92 Å². The number of benzene rings is 3. The summed E-state index contributed by atoms with van der Waals surface area (Å²) in [6, 6.07) is 20.6. The number of ether oxygens (including phenoxy) is 1. The Morgan fingerprint density at radius 2 is 1.48 bits per heavy atom. The Bertz CT molecular complexity index is 1100. The minimum atomic E-state index is -3.82. The summed E-state index contributed by atoms with van der Waals surface area (Å²) in [5.41, 5.74) is 0.392. The van der Waals surface area contributed by atoms with Gasteiger partial charge in [-0.1, -0.05) is 54.1 Å². The summed E-state index contributed by atoms with van der Waals surface area (Å²) in [4.78, 5) is 12.7. The first-order valence-electron chi connectivity index (χ1n) is 8.76. The molecule has 8 heteroatoms. The lowest BCUT2D eigenvalue weighted by atomic mass is 10.2. The molecule has 1 atom stereocenters. The van der Waals surface area contributed by atoms with Crippen molar-refractivity contribution in [2.24, 2.45) is 0 Å². The van der Waals surface area contributed by atoms with E-state index in [4.69, 9.17) is 16.3 Å². The summed E-state index contributed by atoms with van der Waals surface area (Å²) in [6.45, 7) is 1.47. The van der Waals surface area contributed by atoms with Crippen LogP contribution in [0.4, 0.5) is 5.69 Å². The van der Waals surface area contributed by atoms with Crippen LogP contribution in [0, 0.1) is 0 Å². The zero-order valence-electron chi connectivity index (χ0n) is 15.5. The Hall–Kier alpha value is -2.87. The first-order valence-corrected chi connectivity index (χ1v) is 10.6. The third-order valence-electron chi connectivity index (χ3n) is 3.98. The van der Waals surface area contributed by atoms with Gasteiger partial charge in [0.2, 0.25) is 15.9 Å². The van der Waals surface area contributed by atoms with E-state index in [0.717, 1.165) is 0 Å². The van der Waals surface area contributed by atoms with E-state index in [-0.39, 0.29) is 4.90 Å². The van der Waals surface area contributed by atoms with Crippen LogP contribution in [0.3, 0.4) is 0 Å². The van der Waals surface area contributed by atoms with Crippen LogP contribution in [0.2, 0.25) is 5.02 Å². The molecule has 0 aromatic heterocycles. The van der Waals surface area contributed by atoms with Gasteiger partial charge in [0.15, 0.2) is 5.75 Å². The monoisotopic (exact) mass is 430 g/mol. The van der Waals surface area contributed by atoms with Crippen molar-refractivity contribution in [3.05, 3.63) is 83.9 Å². The summed E-state index contributed by atoms with van der Waals surface area (Å²) >= 11 is 6.12. The van der Waals surface area contributed by atoms with Crippen molar-refractivity contribution in [2.45, 2.75) is 17.9 Å². The third-order valence-corrected chi connectivity index (χ3v) is 5.85. The third kappa shape index (κ3) is 5.35. The highest BCUT2D eigenvalue weighted by molar-refractivity contribution is 7.89. The van der Waals surface area contributed by atoms with Crippen LogP contribution in [0.25, 0.3) is 0 Å². The van der Waals surface area contributed by atoms with Gasteiger partial charge in [-0.25, -0.2) is 8.42 Å². The largest absolute Gasteiger partial charge is 0.454 e. The molecule has 0 aliphatic rings. The van der Waals surface area contributed by atoms with Gasteiger partial charge in [-0.3, -0.25) is 4.79 Å². The molecule has 6 nitrogen and oxygen atoms in total. The van der Waals surface area contributed by atoms with Crippen molar-refractivity contribution in [3.8, 4) is 11.5 Å². The van der Waals surface area contributed by atoms with Gasteiger partial charge >= 0.3 is 0 Å². The Morgan fingerprint density at radius 3 is 2.17 bits per heavy atom. The molecule has 3 aromatic carbocycles. The van der Waals surface area contributed by atoms with Gasteiger partial charge in [-0.2, -0.15) is 4.72 Å². The van der Waals surface area contributed by atoms with Crippen molar-refractivity contribution < 1.29 is 17.9 Å². The van der Waals surface area contributed by atoms with Gasteiger partial charge < -0.3 is 10.1 Å². The lowest BCUT2D eigenvalue weighted by Crippen LogP contribution is -2.41. The zero-order chi connectivity index (χ0) is 20.9. The fraction of sp³-hybridized carbons (Fsp3) is 0.0952. The second-order valence-corrected chi connectivity index (χ2v) is 8.30. The molecule has 0 saturated heterocycles. The maximum atomic E-state index is 12.6.